The molecule has 0 saturated carbocycles. The molecule has 5 heteroatoms. The Morgan fingerprint density at radius 1 is 1.47 bits per heavy atom. The molecule has 1 aromatic carbocycles. The Labute approximate surface area is 96.2 Å². The van der Waals surface area contributed by atoms with Crippen molar-refractivity contribution in [2.45, 2.75) is 6.04 Å². The normalized spacial score (nSPS) is 12.7. The van der Waals surface area contributed by atoms with Crippen LogP contribution in [-0.2, 0) is 7.05 Å². The van der Waals surface area contributed by atoms with Gasteiger partial charge in [-0.1, -0.05) is 33.3 Å². The zero-order valence-corrected chi connectivity index (χ0v) is 9.85. The fraction of sp³-hybridized carbons (Fsp3) is 0.200. The average molecular weight is 267 g/mol. The number of nitrogens with two attached hydrogens (primary N) is 1. The van der Waals surface area contributed by atoms with Crippen LogP contribution in [0, 0.1) is 0 Å². The summed E-state index contributed by atoms with van der Waals surface area (Å²) in [5.74, 6) is 0. The summed E-state index contributed by atoms with van der Waals surface area (Å²) in [7, 11) is 1.83. The van der Waals surface area contributed by atoms with Crippen molar-refractivity contribution in [2.75, 3.05) is 0 Å². The third kappa shape index (κ3) is 2.08. The van der Waals surface area contributed by atoms with E-state index in [0.29, 0.717) is 0 Å². The van der Waals surface area contributed by atoms with Crippen LogP contribution in [0.1, 0.15) is 17.3 Å². The molecule has 1 heterocycles. The average Bonchev–Trinajstić information content (AvgIpc) is 2.63. The van der Waals surface area contributed by atoms with Gasteiger partial charge in [-0.2, -0.15) is 0 Å². The maximum atomic E-state index is 6.11. The van der Waals surface area contributed by atoms with Crippen LogP contribution in [0.5, 0.6) is 0 Å². The van der Waals surface area contributed by atoms with E-state index in [2.05, 4.69) is 26.2 Å². The van der Waals surface area contributed by atoms with Gasteiger partial charge in [0.1, 0.15) is 0 Å². The van der Waals surface area contributed by atoms with Gasteiger partial charge >= 0.3 is 0 Å². The molecule has 1 unspecified atom stereocenters. The second-order valence-electron chi connectivity index (χ2n) is 3.32. The minimum atomic E-state index is -0.192. The minimum absolute atomic E-state index is 0.192. The number of hydrogen-bond acceptors (Lipinski definition) is 3. The number of aryl methyl sites for hydroxylation is 1. The fourth-order valence-electron chi connectivity index (χ4n) is 1.45. The molecule has 0 radical (unpaired) electrons. The molecule has 1 atom stereocenters. The Morgan fingerprint density at radius 3 is 2.87 bits per heavy atom. The van der Waals surface area contributed by atoms with Gasteiger partial charge in [0.15, 0.2) is 0 Å². The predicted molar refractivity (Wildman–Crippen MR) is 61.2 cm³/mol. The molecule has 0 amide bonds. The summed E-state index contributed by atoms with van der Waals surface area (Å²) in [5.41, 5.74) is 8.04. The second kappa shape index (κ2) is 4.12. The molecule has 1 aromatic heterocycles. The highest BCUT2D eigenvalue weighted by Crippen LogP contribution is 2.21. The van der Waals surface area contributed by atoms with Gasteiger partial charge in [-0.25, -0.2) is 0 Å². The van der Waals surface area contributed by atoms with Crippen molar-refractivity contribution in [1.29, 1.82) is 0 Å². The van der Waals surface area contributed by atoms with Crippen LogP contribution in [0.25, 0.3) is 0 Å². The molecule has 0 aliphatic heterocycles. The predicted octanol–water partition coefficient (Wildman–Crippen LogP) is 1.63. The van der Waals surface area contributed by atoms with E-state index in [1.165, 1.54) is 0 Å². The van der Waals surface area contributed by atoms with E-state index in [0.717, 1.165) is 15.7 Å². The van der Waals surface area contributed by atoms with E-state index in [-0.39, 0.29) is 6.04 Å². The van der Waals surface area contributed by atoms with E-state index < -0.39 is 0 Å². The van der Waals surface area contributed by atoms with Gasteiger partial charge in [-0.15, -0.1) is 5.10 Å². The highest BCUT2D eigenvalue weighted by Gasteiger charge is 2.12. The molecule has 0 saturated heterocycles. The minimum Gasteiger partial charge on any atom is -0.319 e. The first kappa shape index (κ1) is 10.3. The number of rotatable bonds is 2. The third-order valence-electron chi connectivity index (χ3n) is 2.28. The van der Waals surface area contributed by atoms with Crippen LogP contribution in [0.2, 0.25) is 0 Å². The van der Waals surface area contributed by atoms with Crippen molar-refractivity contribution in [3.8, 4) is 0 Å². The molecule has 2 N–H and O–H groups in total. The zero-order valence-electron chi connectivity index (χ0n) is 8.26. The van der Waals surface area contributed by atoms with Crippen LogP contribution < -0.4 is 5.73 Å². The third-order valence-corrected chi connectivity index (χ3v) is 2.77. The van der Waals surface area contributed by atoms with Crippen molar-refractivity contribution >= 4 is 15.9 Å². The SMILES string of the molecule is Cn1nncc1C(N)c1cccc(Br)c1. The van der Waals surface area contributed by atoms with Crippen LogP contribution in [0.4, 0.5) is 0 Å². The summed E-state index contributed by atoms with van der Waals surface area (Å²) < 4.78 is 2.71. The molecule has 0 aliphatic rings. The van der Waals surface area contributed by atoms with Gasteiger partial charge in [0.2, 0.25) is 0 Å². The standard InChI is InChI=1S/C10H11BrN4/c1-15-9(6-13-14-15)10(12)7-3-2-4-8(11)5-7/h2-6,10H,12H2,1H3. The van der Waals surface area contributed by atoms with Crippen LogP contribution in [0.3, 0.4) is 0 Å². The number of hydrogen-bond donors (Lipinski definition) is 1. The van der Waals surface area contributed by atoms with Crippen LogP contribution in [-0.4, -0.2) is 15.0 Å². The summed E-state index contributed by atoms with van der Waals surface area (Å²) in [6, 6.07) is 7.73. The van der Waals surface area contributed by atoms with Gasteiger partial charge in [0.05, 0.1) is 17.9 Å². The lowest BCUT2D eigenvalue weighted by Gasteiger charge is -2.11. The van der Waals surface area contributed by atoms with Crippen molar-refractivity contribution in [1.82, 2.24) is 15.0 Å². The number of aromatic nitrogens is 3. The summed E-state index contributed by atoms with van der Waals surface area (Å²) in [5, 5.41) is 7.67. The summed E-state index contributed by atoms with van der Waals surface area (Å²) >= 11 is 3.42. The fourth-order valence-corrected chi connectivity index (χ4v) is 1.87. The van der Waals surface area contributed by atoms with E-state index >= 15 is 0 Å². The zero-order chi connectivity index (χ0) is 10.8. The Bertz CT molecular complexity index is 466. The Morgan fingerprint density at radius 2 is 2.27 bits per heavy atom. The molecular weight excluding hydrogens is 256 g/mol. The molecule has 15 heavy (non-hydrogen) atoms. The summed E-state index contributed by atoms with van der Waals surface area (Å²) in [6.07, 6.45) is 1.69. The topological polar surface area (TPSA) is 56.7 Å². The highest BCUT2D eigenvalue weighted by molar-refractivity contribution is 9.10. The molecule has 0 bridgehead atoms. The smallest absolute Gasteiger partial charge is 0.0796 e. The molecule has 78 valence electrons. The largest absolute Gasteiger partial charge is 0.319 e. The van der Waals surface area contributed by atoms with Gasteiger partial charge < -0.3 is 5.73 Å². The molecule has 0 spiro atoms. The maximum Gasteiger partial charge on any atom is 0.0796 e. The molecule has 2 aromatic rings. The van der Waals surface area contributed by atoms with E-state index in [1.807, 2.05) is 31.3 Å². The van der Waals surface area contributed by atoms with E-state index in [4.69, 9.17) is 5.73 Å². The van der Waals surface area contributed by atoms with Gasteiger partial charge in [-0.05, 0) is 17.7 Å². The Balaban J connectivity index is 2.36. The summed E-state index contributed by atoms with van der Waals surface area (Å²) in [4.78, 5) is 0. The first-order valence-corrected chi connectivity index (χ1v) is 5.33. The molecular formula is C10H11BrN4. The first-order valence-electron chi connectivity index (χ1n) is 4.54. The van der Waals surface area contributed by atoms with E-state index in [1.54, 1.807) is 10.9 Å². The van der Waals surface area contributed by atoms with Crippen molar-refractivity contribution < 1.29 is 0 Å². The van der Waals surface area contributed by atoms with Crippen molar-refractivity contribution in [3.63, 3.8) is 0 Å². The molecule has 2 rings (SSSR count). The van der Waals surface area contributed by atoms with Crippen LogP contribution >= 0.6 is 15.9 Å². The number of halogens is 1. The number of benzene rings is 1. The molecule has 4 nitrogen and oxygen atoms in total. The van der Waals surface area contributed by atoms with Crippen LogP contribution in [0.15, 0.2) is 34.9 Å². The Kier molecular flexibility index (Phi) is 2.83. The lowest BCUT2D eigenvalue weighted by Crippen LogP contribution is -2.15. The van der Waals surface area contributed by atoms with E-state index in [9.17, 15) is 0 Å². The second-order valence-corrected chi connectivity index (χ2v) is 4.23. The maximum absolute atomic E-state index is 6.11. The van der Waals surface area contributed by atoms with Crippen molar-refractivity contribution in [2.24, 2.45) is 12.8 Å². The lowest BCUT2D eigenvalue weighted by molar-refractivity contribution is 0.651. The van der Waals surface area contributed by atoms with Crippen molar-refractivity contribution in [3.05, 3.63) is 46.2 Å². The Hall–Kier alpha value is -1.20. The quantitative estimate of drug-likeness (QED) is 0.899. The molecule has 0 aliphatic carbocycles. The molecule has 0 fully saturated rings. The first-order chi connectivity index (χ1) is 7.18. The van der Waals surface area contributed by atoms with Gasteiger partial charge in [0, 0.05) is 11.5 Å². The highest BCUT2D eigenvalue weighted by atomic mass is 79.9. The van der Waals surface area contributed by atoms with Gasteiger partial charge in [0.25, 0.3) is 0 Å². The lowest BCUT2D eigenvalue weighted by atomic mass is 10.1. The monoisotopic (exact) mass is 266 g/mol. The summed E-state index contributed by atoms with van der Waals surface area (Å²) in [6.45, 7) is 0. The van der Waals surface area contributed by atoms with Gasteiger partial charge in [-0.3, -0.25) is 4.68 Å². The number of nitrogens with zero attached hydrogens (tertiary/aromatic N) is 3.